The number of urea groups is 1. The smallest absolute Gasteiger partial charge is 0.317 e. The third kappa shape index (κ3) is 2.99. The number of amides is 2. The molecule has 0 radical (unpaired) electrons. The van der Waals surface area contributed by atoms with Gasteiger partial charge in [-0.15, -0.1) is 0 Å². The quantitative estimate of drug-likeness (QED) is 0.817. The van der Waals surface area contributed by atoms with Crippen molar-refractivity contribution in [1.82, 2.24) is 10.2 Å². The Morgan fingerprint density at radius 2 is 1.89 bits per heavy atom. The van der Waals surface area contributed by atoms with E-state index in [9.17, 15) is 4.79 Å². The summed E-state index contributed by atoms with van der Waals surface area (Å²) in [7, 11) is 0. The van der Waals surface area contributed by atoms with Crippen molar-refractivity contribution in [3.63, 3.8) is 0 Å². The number of piperidine rings is 1. The molecule has 1 aliphatic heterocycles. The third-order valence-electron chi connectivity index (χ3n) is 4.89. The van der Waals surface area contributed by atoms with E-state index in [1.165, 1.54) is 38.5 Å². The minimum absolute atomic E-state index is 0.188. The van der Waals surface area contributed by atoms with E-state index < -0.39 is 0 Å². The summed E-state index contributed by atoms with van der Waals surface area (Å²) < 4.78 is 0. The highest BCUT2D eigenvalue weighted by Gasteiger charge is 2.41. The zero-order valence-corrected chi connectivity index (χ0v) is 11.5. The van der Waals surface area contributed by atoms with Gasteiger partial charge in [-0.1, -0.05) is 6.92 Å². The van der Waals surface area contributed by atoms with Crippen LogP contribution in [0.5, 0.6) is 0 Å². The van der Waals surface area contributed by atoms with Crippen LogP contribution in [0.1, 0.15) is 45.4 Å². The highest BCUT2D eigenvalue weighted by atomic mass is 16.2. The number of carbonyl (C=O) groups excluding carboxylic acids is 1. The molecule has 1 saturated heterocycles. The molecule has 3 fully saturated rings. The Morgan fingerprint density at radius 3 is 2.44 bits per heavy atom. The van der Waals surface area contributed by atoms with Gasteiger partial charge in [0.15, 0.2) is 0 Å². The summed E-state index contributed by atoms with van der Waals surface area (Å²) >= 11 is 0. The van der Waals surface area contributed by atoms with Crippen LogP contribution < -0.4 is 5.32 Å². The molecule has 1 heterocycles. The minimum Gasteiger partial charge on any atom is -0.338 e. The van der Waals surface area contributed by atoms with E-state index in [2.05, 4.69) is 12.2 Å². The standard InChI is InChI=1S/C15H26N2O/c1-11-3-2-8-17(10-11)15(18)16-9-14(12-4-5-12)13-6-7-13/h11-14H,2-10H2,1H3,(H,16,18). The largest absolute Gasteiger partial charge is 0.338 e. The van der Waals surface area contributed by atoms with Crippen LogP contribution in [0.25, 0.3) is 0 Å². The Balaban J connectivity index is 1.45. The maximum absolute atomic E-state index is 12.1. The van der Waals surface area contributed by atoms with Crippen LogP contribution in [-0.4, -0.2) is 30.6 Å². The molecule has 1 atom stereocenters. The van der Waals surface area contributed by atoms with Gasteiger partial charge in [0, 0.05) is 19.6 Å². The van der Waals surface area contributed by atoms with Crippen LogP contribution in [0.2, 0.25) is 0 Å². The molecule has 3 heteroatoms. The fourth-order valence-electron chi connectivity index (χ4n) is 3.46. The van der Waals surface area contributed by atoms with Gasteiger partial charge in [-0.25, -0.2) is 4.79 Å². The normalized spacial score (nSPS) is 28.6. The summed E-state index contributed by atoms with van der Waals surface area (Å²) in [5.41, 5.74) is 0. The van der Waals surface area contributed by atoms with Gasteiger partial charge in [-0.2, -0.15) is 0 Å². The van der Waals surface area contributed by atoms with Crippen LogP contribution in [-0.2, 0) is 0 Å². The topological polar surface area (TPSA) is 32.3 Å². The Hall–Kier alpha value is -0.730. The van der Waals surface area contributed by atoms with Gasteiger partial charge in [-0.3, -0.25) is 0 Å². The maximum Gasteiger partial charge on any atom is 0.317 e. The summed E-state index contributed by atoms with van der Waals surface area (Å²) in [6.45, 7) is 5.08. The number of hydrogen-bond donors (Lipinski definition) is 1. The fourth-order valence-corrected chi connectivity index (χ4v) is 3.46. The molecule has 0 aromatic heterocycles. The molecular weight excluding hydrogens is 224 g/mol. The first-order chi connectivity index (χ1) is 8.74. The second-order valence-electron chi connectivity index (χ2n) is 6.72. The van der Waals surface area contributed by atoms with Crippen LogP contribution in [0.4, 0.5) is 4.79 Å². The molecular formula is C15H26N2O. The van der Waals surface area contributed by atoms with Gasteiger partial charge in [0.05, 0.1) is 0 Å². The van der Waals surface area contributed by atoms with Crippen LogP contribution in [0.3, 0.4) is 0 Å². The summed E-state index contributed by atoms with van der Waals surface area (Å²) in [5, 5.41) is 3.20. The first kappa shape index (κ1) is 12.3. The van der Waals surface area contributed by atoms with Gasteiger partial charge in [-0.05, 0) is 62.2 Å². The van der Waals surface area contributed by atoms with Crippen molar-refractivity contribution < 1.29 is 4.79 Å². The molecule has 0 spiro atoms. The molecule has 18 heavy (non-hydrogen) atoms. The lowest BCUT2D eigenvalue weighted by Crippen LogP contribution is -2.46. The first-order valence-corrected chi connectivity index (χ1v) is 7.77. The van der Waals surface area contributed by atoms with Crippen molar-refractivity contribution in [3.8, 4) is 0 Å². The van der Waals surface area contributed by atoms with Gasteiger partial charge in [0.25, 0.3) is 0 Å². The van der Waals surface area contributed by atoms with Crippen molar-refractivity contribution in [3.05, 3.63) is 0 Å². The fraction of sp³-hybridized carbons (Fsp3) is 0.933. The van der Waals surface area contributed by atoms with Crippen LogP contribution in [0.15, 0.2) is 0 Å². The van der Waals surface area contributed by atoms with E-state index in [4.69, 9.17) is 0 Å². The molecule has 3 nitrogen and oxygen atoms in total. The number of nitrogens with zero attached hydrogens (tertiary/aromatic N) is 1. The Labute approximate surface area is 110 Å². The van der Waals surface area contributed by atoms with E-state index in [0.717, 1.165) is 37.4 Å². The van der Waals surface area contributed by atoms with E-state index in [1.807, 2.05) is 4.90 Å². The molecule has 1 N–H and O–H groups in total. The molecule has 0 bridgehead atoms. The van der Waals surface area contributed by atoms with Gasteiger partial charge < -0.3 is 10.2 Å². The van der Waals surface area contributed by atoms with Gasteiger partial charge in [0.1, 0.15) is 0 Å². The monoisotopic (exact) mass is 250 g/mol. The van der Waals surface area contributed by atoms with Crippen molar-refractivity contribution in [1.29, 1.82) is 0 Å². The molecule has 0 aromatic rings. The van der Waals surface area contributed by atoms with Crippen molar-refractivity contribution >= 4 is 6.03 Å². The van der Waals surface area contributed by atoms with E-state index in [1.54, 1.807) is 0 Å². The van der Waals surface area contributed by atoms with Crippen molar-refractivity contribution in [2.45, 2.75) is 45.4 Å². The lowest BCUT2D eigenvalue weighted by molar-refractivity contribution is 0.167. The van der Waals surface area contributed by atoms with Gasteiger partial charge in [0.2, 0.25) is 0 Å². The summed E-state index contributed by atoms with van der Waals surface area (Å²) in [6.07, 6.45) is 8.05. The summed E-state index contributed by atoms with van der Waals surface area (Å²) in [6, 6.07) is 0.188. The lowest BCUT2D eigenvalue weighted by Gasteiger charge is -2.31. The summed E-state index contributed by atoms with van der Waals surface area (Å²) in [4.78, 5) is 14.2. The van der Waals surface area contributed by atoms with E-state index >= 15 is 0 Å². The SMILES string of the molecule is CC1CCCN(C(=O)NCC(C2CC2)C2CC2)C1. The number of rotatable bonds is 4. The molecule has 2 saturated carbocycles. The van der Waals surface area contributed by atoms with E-state index in [-0.39, 0.29) is 6.03 Å². The van der Waals surface area contributed by atoms with E-state index in [0.29, 0.717) is 5.92 Å². The maximum atomic E-state index is 12.1. The second-order valence-corrected chi connectivity index (χ2v) is 6.72. The zero-order chi connectivity index (χ0) is 12.5. The second kappa shape index (κ2) is 5.10. The highest BCUT2D eigenvalue weighted by Crippen LogP contribution is 2.48. The zero-order valence-electron chi connectivity index (χ0n) is 11.5. The predicted octanol–water partition coefficient (Wildman–Crippen LogP) is 2.86. The highest BCUT2D eigenvalue weighted by molar-refractivity contribution is 5.74. The lowest BCUT2D eigenvalue weighted by atomic mass is 9.98. The molecule has 1 unspecified atom stereocenters. The Bertz CT molecular complexity index is 298. The van der Waals surface area contributed by atoms with Gasteiger partial charge >= 0.3 is 6.03 Å². The molecule has 3 aliphatic rings. The average Bonchev–Trinajstić information content (AvgIpc) is 3.23. The van der Waals surface area contributed by atoms with Crippen LogP contribution >= 0.6 is 0 Å². The number of hydrogen-bond acceptors (Lipinski definition) is 1. The molecule has 3 rings (SSSR count). The summed E-state index contributed by atoms with van der Waals surface area (Å²) in [5.74, 6) is 3.32. The average molecular weight is 250 g/mol. The molecule has 0 aromatic carbocycles. The third-order valence-corrected chi connectivity index (χ3v) is 4.89. The van der Waals surface area contributed by atoms with Crippen molar-refractivity contribution in [2.75, 3.05) is 19.6 Å². The number of carbonyl (C=O) groups is 1. The number of likely N-dealkylation sites (tertiary alicyclic amines) is 1. The van der Waals surface area contributed by atoms with Crippen LogP contribution in [0, 0.1) is 23.7 Å². The predicted molar refractivity (Wildman–Crippen MR) is 72.3 cm³/mol. The molecule has 2 aliphatic carbocycles. The molecule has 2 amide bonds. The Kier molecular flexibility index (Phi) is 3.49. The first-order valence-electron chi connectivity index (χ1n) is 7.77. The minimum atomic E-state index is 0.188. The van der Waals surface area contributed by atoms with Crippen molar-refractivity contribution in [2.24, 2.45) is 23.7 Å². The number of nitrogens with one attached hydrogen (secondary N) is 1. The molecule has 102 valence electrons. The Morgan fingerprint density at radius 1 is 1.22 bits per heavy atom.